The quantitative estimate of drug-likeness (QED) is 0.814. The van der Waals surface area contributed by atoms with E-state index in [-0.39, 0.29) is 0 Å². The molecule has 0 N–H and O–H groups in total. The Morgan fingerprint density at radius 3 is 2.79 bits per heavy atom. The van der Waals surface area contributed by atoms with Crippen LogP contribution in [0.4, 0.5) is 0 Å². The van der Waals surface area contributed by atoms with Crippen molar-refractivity contribution in [2.75, 3.05) is 0 Å². The third-order valence-corrected chi connectivity index (χ3v) is 4.55. The van der Waals surface area contributed by atoms with Gasteiger partial charge in [-0.2, -0.15) is 0 Å². The van der Waals surface area contributed by atoms with E-state index in [9.17, 15) is 0 Å². The molecule has 4 heteroatoms. The van der Waals surface area contributed by atoms with E-state index in [1.54, 1.807) is 0 Å². The van der Waals surface area contributed by atoms with Gasteiger partial charge in [0, 0.05) is 10.0 Å². The van der Waals surface area contributed by atoms with Gasteiger partial charge in [-0.3, -0.25) is 0 Å². The number of aryl methyl sites for hydroxylation is 1. The minimum Gasteiger partial charge on any atom is -0.249 e. The molecule has 0 atom stereocenters. The van der Waals surface area contributed by atoms with Crippen molar-refractivity contribution in [1.29, 1.82) is 0 Å². The Hall–Kier alpha value is -1.16. The van der Waals surface area contributed by atoms with Crippen molar-refractivity contribution >= 4 is 15.9 Å². The highest BCUT2D eigenvalue weighted by atomic mass is 79.9. The fourth-order valence-electron chi connectivity index (χ4n) is 2.76. The monoisotopic (exact) mass is 319 g/mol. The van der Waals surface area contributed by atoms with Crippen molar-refractivity contribution < 1.29 is 0 Å². The van der Waals surface area contributed by atoms with Gasteiger partial charge in [0.05, 0.1) is 12.2 Å². The van der Waals surface area contributed by atoms with Gasteiger partial charge < -0.3 is 0 Å². The predicted octanol–water partition coefficient (Wildman–Crippen LogP) is 4.52. The Bertz CT molecular complexity index is 571. The molecule has 1 aromatic carbocycles. The van der Waals surface area contributed by atoms with Crippen molar-refractivity contribution in [3.63, 3.8) is 0 Å². The lowest BCUT2D eigenvalue weighted by Crippen LogP contribution is -2.13. The lowest BCUT2D eigenvalue weighted by atomic mass is 9.96. The molecule has 1 fully saturated rings. The summed E-state index contributed by atoms with van der Waals surface area (Å²) in [6.45, 7) is 2.10. The molecule has 1 aliphatic carbocycles. The third-order valence-electron chi connectivity index (χ3n) is 3.86. The second-order valence-electron chi connectivity index (χ2n) is 5.36. The number of halogens is 1. The molecule has 19 heavy (non-hydrogen) atoms. The summed E-state index contributed by atoms with van der Waals surface area (Å²) in [5.74, 6) is 0. The topological polar surface area (TPSA) is 30.7 Å². The Balaban J connectivity index is 1.89. The molecule has 0 radical (unpaired) electrons. The van der Waals surface area contributed by atoms with Gasteiger partial charge in [0.15, 0.2) is 0 Å². The lowest BCUT2D eigenvalue weighted by molar-refractivity contribution is 0.324. The second kappa shape index (κ2) is 5.45. The third kappa shape index (κ3) is 2.73. The van der Waals surface area contributed by atoms with Gasteiger partial charge in [0.25, 0.3) is 0 Å². The van der Waals surface area contributed by atoms with Gasteiger partial charge in [0.1, 0.15) is 5.69 Å². The Labute approximate surface area is 122 Å². The molecule has 3 nitrogen and oxygen atoms in total. The van der Waals surface area contributed by atoms with Crippen LogP contribution in [0.25, 0.3) is 11.3 Å². The minimum absolute atomic E-state index is 0.540. The lowest BCUT2D eigenvalue weighted by Gasteiger charge is -2.20. The van der Waals surface area contributed by atoms with Crippen LogP contribution >= 0.6 is 15.9 Å². The molecule has 0 spiro atoms. The van der Waals surface area contributed by atoms with E-state index < -0.39 is 0 Å². The maximum atomic E-state index is 4.35. The summed E-state index contributed by atoms with van der Waals surface area (Å²) >= 11 is 3.60. The van der Waals surface area contributed by atoms with Gasteiger partial charge in [-0.15, -0.1) is 5.10 Å². The summed E-state index contributed by atoms with van der Waals surface area (Å²) in [6.07, 6.45) is 8.55. The summed E-state index contributed by atoms with van der Waals surface area (Å²) in [7, 11) is 0. The smallest absolute Gasteiger partial charge is 0.114 e. The number of aromatic nitrogens is 3. The maximum Gasteiger partial charge on any atom is 0.114 e. The van der Waals surface area contributed by atoms with Crippen molar-refractivity contribution in [3.8, 4) is 11.3 Å². The first kappa shape index (κ1) is 12.9. The molecular formula is C15H18BrN3. The van der Waals surface area contributed by atoms with Crippen molar-refractivity contribution in [3.05, 3.63) is 34.4 Å². The van der Waals surface area contributed by atoms with Gasteiger partial charge in [-0.25, -0.2) is 4.68 Å². The number of benzene rings is 1. The van der Waals surface area contributed by atoms with Gasteiger partial charge in [-0.05, 0) is 31.9 Å². The first-order chi connectivity index (χ1) is 9.24. The molecule has 100 valence electrons. The zero-order chi connectivity index (χ0) is 13.2. The van der Waals surface area contributed by atoms with Crippen LogP contribution in [0.5, 0.6) is 0 Å². The van der Waals surface area contributed by atoms with Crippen LogP contribution in [0.3, 0.4) is 0 Å². The van der Waals surface area contributed by atoms with E-state index in [0.717, 1.165) is 15.7 Å². The van der Waals surface area contributed by atoms with Crippen molar-refractivity contribution in [2.45, 2.75) is 45.1 Å². The zero-order valence-corrected chi connectivity index (χ0v) is 12.7. The number of hydrogen-bond donors (Lipinski definition) is 0. The average Bonchev–Trinajstić information content (AvgIpc) is 2.92. The summed E-state index contributed by atoms with van der Waals surface area (Å²) in [5.41, 5.74) is 3.33. The molecule has 0 saturated heterocycles. The SMILES string of the molecule is Cc1ccc(Br)c(-c2cn(C3CCCCC3)nn2)c1. The molecule has 0 bridgehead atoms. The molecule has 0 unspecified atom stereocenters. The normalized spacial score (nSPS) is 16.7. The van der Waals surface area contributed by atoms with E-state index in [0.29, 0.717) is 6.04 Å². The fourth-order valence-corrected chi connectivity index (χ4v) is 3.21. The largest absolute Gasteiger partial charge is 0.249 e. The predicted molar refractivity (Wildman–Crippen MR) is 80.0 cm³/mol. The molecule has 1 aliphatic rings. The highest BCUT2D eigenvalue weighted by Crippen LogP contribution is 2.31. The van der Waals surface area contributed by atoms with E-state index >= 15 is 0 Å². The minimum atomic E-state index is 0.540. The second-order valence-corrected chi connectivity index (χ2v) is 6.21. The highest BCUT2D eigenvalue weighted by molar-refractivity contribution is 9.10. The van der Waals surface area contributed by atoms with E-state index in [1.165, 1.54) is 37.7 Å². The average molecular weight is 320 g/mol. The molecule has 2 aromatic rings. The summed E-state index contributed by atoms with van der Waals surface area (Å²) in [6, 6.07) is 6.86. The summed E-state index contributed by atoms with van der Waals surface area (Å²) in [5, 5.41) is 8.68. The molecule has 1 saturated carbocycles. The first-order valence-electron chi connectivity index (χ1n) is 6.92. The van der Waals surface area contributed by atoms with Gasteiger partial charge >= 0.3 is 0 Å². The number of nitrogens with zero attached hydrogens (tertiary/aromatic N) is 3. The standard InChI is InChI=1S/C15H18BrN3/c1-11-7-8-14(16)13(9-11)15-10-19(18-17-15)12-5-3-2-4-6-12/h7-10,12H,2-6H2,1H3. The molecule has 0 aliphatic heterocycles. The fraction of sp³-hybridized carbons (Fsp3) is 0.467. The van der Waals surface area contributed by atoms with Crippen LogP contribution in [0, 0.1) is 6.92 Å². The van der Waals surface area contributed by atoms with E-state index in [1.807, 2.05) is 0 Å². The first-order valence-corrected chi connectivity index (χ1v) is 7.72. The van der Waals surface area contributed by atoms with Gasteiger partial charge in [-0.1, -0.05) is 52.0 Å². The van der Waals surface area contributed by atoms with Crippen LogP contribution in [0.2, 0.25) is 0 Å². The molecular weight excluding hydrogens is 302 g/mol. The Kier molecular flexibility index (Phi) is 3.69. The van der Waals surface area contributed by atoms with Crippen LogP contribution in [-0.4, -0.2) is 15.0 Å². The van der Waals surface area contributed by atoms with Crippen LogP contribution in [-0.2, 0) is 0 Å². The molecule has 0 amide bonds. The van der Waals surface area contributed by atoms with Gasteiger partial charge in [0.2, 0.25) is 0 Å². The molecule has 3 rings (SSSR count). The number of rotatable bonds is 2. The highest BCUT2D eigenvalue weighted by Gasteiger charge is 2.17. The Morgan fingerprint density at radius 2 is 2.00 bits per heavy atom. The molecule has 1 aromatic heterocycles. The van der Waals surface area contributed by atoms with E-state index in [4.69, 9.17) is 0 Å². The van der Waals surface area contributed by atoms with Crippen molar-refractivity contribution in [2.24, 2.45) is 0 Å². The summed E-state index contributed by atoms with van der Waals surface area (Å²) in [4.78, 5) is 0. The maximum absolute atomic E-state index is 4.35. The van der Waals surface area contributed by atoms with Crippen LogP contribution in [0.1, 0.15) is 43.7 Å². The number of hydrogen-bond acceptors (Lipinski definition) is 2. The van der Waals surface area contributed by atoms with Crippen molar-refractivity contribution in [1.82, 2.24) is 15.0 Å². The van der Waals surface area contributed by atoms with Crippen LogP contribution < -0.4 is 0 Å². The molecule has 1 heterocycles. The Morgan fingerprint density at radius 1 is 1.21 bits per heavy atom. The summed E-state index contributed by atoms with van der Waals surface area (Å²) < 4.78 is 3.14. The zero-order valence-electron chi connectivity index (χ0n) is 11.1. The van der Waals surface area contributed by atoms with E-state index in [2.05, 4.69) is 62.2 Å². The van der Waals surface area contributed by atoms with Crippen LogP contribution in [0.15, 0.2) is 28.9 Å².